The molecule has 1 amide bonds. The third-order valence-electron chi connectivity index (χ3n) is 6.60. The summed E-state index contributed by atoms with van der Waals surface area (Å²) in [6, 6.07) is 13.6. The van der Waals surface area contributed by atoms with Crippen molar-refractivity contribution in [2.75, 3.05) is 32.8 Å². The molecule has 1 fully saturated rings. The third-order valence-corrected chi connectivity index (χ3v) is 9.01. The van der Waals surface area contributed by atoms with E-state index in [0.717, 1.165) is 37.6 Å². The van der Waals surface area contributed by atoms with Crippen LogP contribution in [-0.4, -0.2) is 55.4 Å². The number of anilines is 1. The summed E-state index contributed by atoms with van der Waals surface area (Å²) in [5.41, 5.74) is 0.917. The van der Waals surface area contributed by atoms with Gasteiger partial charge in [-0.15, -0.1) is 22.7 Å². The second-order valence-electron chi connectivity index (χ2n) is 9.41. The zero-order valence-electron chi connectivity index (χ0n) is 24.4. The van der Waals surface area contributed by atoms with Crippen LogP contribution in [0, 0.1) is 11.8 Å². The van der Waals surface area contributed by atoms with Crippen LogP contribution in [0.4, 0.5) is 10.6 Å². The Hall–Kier alpha value is -3.69. The first kappa shape index (κ1) is 31.3. The topological polar surface area (TPSA) is 101 Å². The SMILES string of the molecule is CC.COCC(COC(=O)C1(c2cc3sc(C#Cc4cnn(C)c4NC(=O)OCc4ccccc4)cc3s2)CC1)OC. The van der Waals surface area contributed by atoms with E-state index in [9.17, 15) is 9.59 Å². The van der Waals surface area contributed by atoms with Crippen molar-refractivity contribution in [1.29, 1.82) is 0 Å². The Morgan fingerprint density at radius 2 is 1.79 bits per heavy atom. The molecular formula is C31H35N3O6S2. The fourth-order valence-corrected chi connectivity index (χ4v) is 6.63. The Balaban J connectivity index is 0.00000198. The number of aryl methyl sites for hydroxylation is 1. The van der Waals surface area contributed by atoms with E-state index in [0.29, 0.717) is 18.0 Å². The van der Waals surface area contributed by atoms with Gasteiger partial charge in [-0.25, -0.2) is 4.79 Å². The first-order valence-electron chi connectivity index (χ1n) is 13.7. The molecule has 0 aliphatic heterocycles. The fraction of sp³-hybridized carbons (Fsp3) is 0.387. The second kappa shape index (κ2) is 14.5. The molecule has 1 unspecified atom stereocenters. The molecule has 5 rings (SSSR count). The molecule has 1 aliphatic carbocycles. The van der Waals surface area contributed by atoms with Crippen molar-refractivity contribution in [3.8, 4) is 11.8 Å². The Morgan fingerprint density at radius 1 is 1.05 bits per heavy atom. The van der Waals surface area contributed by atoms with Gasteiger partial charge in [0.2, 0.25) is 0 Å². The van der Waals surface area contributed by atoms with Crippen LogP contribution in [0.2, 0.25) is 0 Å². The molecule has 1 saturated carbocycles. The second-order valence-corrected chi connectivity index (χ2v) is 11.6. The molecule has 42 heavy (non-hydrogen) atoms. The zero-order chi connectivity index (χ0) is 30.1. The largest absolute Gasteiger partial charge is 0.462 e. The van der Waals surface area contributed by atoms with Gasteiger partial charge in [-0.1, -0.05) is 56.0 Å². The maximum absolute atomic E-state index is 12.9. The van der Waals surface area contributed by atoms with Crippen molar-refractivity contribution in [2.45, 2.75) is 44.8 Å². The fourth-order valence-electron chi connectivity index (χ4n) is 4.15. The molecular weight excluding hydrogens is 574 g/mol. The Bertz CT molecular complexity index is 1530. The number of benzene rings is 1. The number of rotatable bonds is 10. The number of fused-ring (bicyclic) bond motifs is 1. The highest BCUT2D eigenvalue weighted by Crippen LogP contribution is 2.53. The zero-order valence-corrected chi connectivity index (χ0v) is 26.0. The molecule has 9 nitrogen and oxygen atoms in total. The maximum atomic E-state index is 12.9. The first-order chi connectivity index (χ1) is 20.4. The summed E-state index contributed by atoms with van der Waals surface area (Å²) in [6.07, 6.45) is 2.30. The predicted molar refractivity (Wildman–Crippen MR) is 165 cm³/mol. The predicted octanol–water partition coefficient (Wildman–Crippen LogP) is 6.11. The molecule has 0 spiro atoms. The van der Waals surface area contributed by atoms with Gasteiger partial charge in [0.05, 0.1) is 23.2 Å². The van der Waals surface area contributed by atoms with Gasteiger partial charge in [-0.05, 0) is 30.5 Å². The van der Waals surface area contributed by atoms with E-state index in [-0.39, 0.29) is 25.3 Å². The summed E-state index contributed by atoms with van der Waals surface area (Å²) in [5.74, 6) is 6.55. The summed E-state index contributed by atoms with van der Waals surface area (Å²) in [4.78, 5) is 27.2. The quantitative estimate of drug-likeness (QED) is 0.171. The van der Waals surface area contributed by atoms with Crippen LogP contribution in [0.1, 0.15) is 47.6 Å². The van der Waals surface area contributed by atoms with Gasteiger partial charge < -0.3 is 18.9 Å². The number of nitrogens with zero attached hydrogens (tertiary/aromatic N) is 2. The number of nitrogens with one attached hydrogen (secondary N) is 1. The lowest BCUT2D eigenvalue weighted by atomic mass is 10.1. The first-order valence-corrected chi connectivity index (χ1v) is 15.3. The lowest BCUT2D eigenvalue weighted by molar-refractivity contribution is -0.151. The minimum absolute atomic E-state index is 0.167. The van der Waals surface area contributed by atoms with Gasteiger partial charge in [-0.3, -0.25) is 14.8 Å². The van der Waals surface area contributed by atoms with E-state index in [1.54, 1.807) is 54.8 Å². The van der Waals surface area contributed by atoms with Crippen molar-refractivity contribution in [3.05, 3.63) is 69.5 Å². The number of methoxy groups -OCH3 is 2. The molecule has 1 N–H and O–H groups in total. The van der Waals surface area contributed by atoms with Crippen LogP contribution in [0.15, 0.2) is 48.7 Å². The van der Waals surface area contributed by atoms with Crippen molar-refractivity contribution < 1.29 is 28.5 Å². The molecule has 1 atom stereocenters. The Morgan fingerprint density at radius 3 is 2.45 bits per heavy atom. The minimum Gasteiger partial charge on any atom is -0.462 e. The van der Waals surface area contributed by atoms with Gasteiger partial charge in [0, 0.05) is 35.5 Å². The standard InChI is InChI=1S/C29H29N3O6S2.C2H6/c1-32-26(31-28(34)38-16-19-7-5-4-6-8-19)20(15-30-32)9-10-22-13-23-24(39-22)14-25(40-23)29(11-12-29)27(33)37-18-21(36-3)17-35-2;1-2/h4-8,13-15,21H,11-12,16-18H2,1-3H3,(H,31,34);1-2H3. The minimum atomic E-state index is -0.580. The third kappa shape index (κ3) is 7.38. The summed E-state index contributed by atoms with van der Waals surface area (Å²) in [7, 11) is 4.89. The highest BCUT2D eigenvalue weighted by molar-refractivity contribution is 7.28. The molecule has 3 aromatic heterocycles. The van der Waals surface area contributed by atoms with Crippen LogP contribution >= 0.6 is 22.7 Å². The molecule has 1 aliphatic rings. The van der Waals surface area contributed by atoms with E-state index in [4.69, 9.17) is 18.9 Å². The highest BCUT2D eigenvalue weighted by atomic mass is 32.1. The van der Waals surface area contributed by atoms with E-state index in [2.05, 4.69) is 28.3 Å². The van der Waals surface area contributed by atoms with Crippen LogP contribution < -0.4 is 5.32 Å². The average molecular weight is 610 g/mol. The molecule has 0 bridgehead atoms. The lowest BCUT2D eigenvalue weighted by Gasteiger charge is -2.17. The molecule has 11 heteroatoms. The van der Waals surface area contributed by atoms with Crippen LogP contribution in [-0.2, 0) is 42.8 Å². The number of hydrogen-bond donors (Lipinski definition) is 1. The maximum Gasteiger partial charge on any atom is 0.413 e. The number of ether oxygens (including phenoxy) is 4. The average Bonchev–Trinajstić information content (AvgIpc) is 3.43. The number of amides is 1. The van der Waals surface area contributed by atoms with Gasteiger partial charge in [-0.2, -0.15) is 5.10 Å². The molecule has 1 aromatic carbocycles. The number of hydrogen-bond acceptors (Lipinski definition) is 9. The Labute approximate surface area is 253 Å². The summed E-state index contributed by atoms with van der Waals surface area (Å²) in [5, 5.41) is 6.97. The monoisotopic (exact) mass is 609 g/mol. The van der Waals surface area contributed by atoms with E-state index >= 15 is 0 Å². The number of carbonyl (C=O) groups is 2. The molecule has 4 aromatic rings. The number of aromatic nitrogens is 2. The van der Waals surface area contributed by atoms with Crippen LogP contribution in [0.3, 0.4) is 0 Å². The molecule has 3 heterocycles. The van der Waals surface area contributed by atoms with E-state index in [1.165, 1.54) is 0 Å². The number of esters is 1. The van der Waals surface area contributed by atoms with Gasteiger partial charge in [0.1, 0.15) is 30.6 Å². The van der Waals surface area contributed by atoms with E-state index < -0.39 is 11.5 Å². The van der Waals surface area contributed by atoms with Crippen molar-refractivity contribution >= 4 is 50.0 Å². The smallest absolute Gasteiger partial charge is 0.413 e. The summed E-state index contributed by atoms with van der Waals surface area (Å²) < 4.78 is 25.0. The normalized spacial score (nSPS) is 13.7. The highest BCUT2D eigenvalue weighted by Gasteiger charge is 2.54. The van der Waals surface area contributed by atoms with Crippen molar-refractivity contribution in [2.24, 2.45) is 7.05 Å². The van der Waals surface area contributed by atoms with Gasteiger partial charge in [0.25, 0.3) is 0 Å². The molecule has 0 saturated heterocycles. The van der Waals surface area contributed by atoms with Crippen LogP contribution in [0.5, 0.6) is 0 Å². The lowest BCUT2D eigenvalue weighted by Crippen LogP contribution is -2.29. The van der Waals surface area contributed by atoms with Gasteiger partial charge >= 0.3 is 12.1 Å². The van der Waals surface area contributed by atoms with Crippen molar-refractivity contribution in [3.63, 3.8) is 0 Å². The number of carbonyl (C=O) groups excluding carboxylic acids is 2. The summed E-state index contributed by atoms with van der Waals surface area (Å²) >= 11 is 3.17. The van der Waals surface area contributed by atoms with Gasteiger partial charge in [0.15, 0.2) is 0 Å². The van der Waals surface area contributed by atoms with E-state index in [1.807, 2.05) is 50.2 Å². The molecule has 0 radical (unpaired) electrons. The van der Waals surface area contributed by atoms with Crippen molar-refractivity contribution in [1.82, 2.24) is 9.78 Å². The van der Waals surface area contributed by atoms with Crippen LogP contribution in [0.25, 0.3) is 9.40 Å². The summed E-state index contributed by atoms with van der Waals surface area (Å²) in [6.45, 7) is 4.70. The number of thiophene rings is 2. The Kier molecular flexibility index (Phi) is 10.8. The molecule has 222 valence electrons.